The summed E-state index contributed by atoms with van der Waals surface area (Å²) in [4.78, 5) is 21.0. The normalized spacial score (nSPS) is 15.5. The van der Waals surface area contributed by atoms with E-state index in [1.165, 1.54) is 11.1 Å². The molecule has 30 heavy (non-hydrogen) atoms. The Labute approximate surface area is 172 Å². The van der Waals surface area contributed by atoms with Crippen molar-refractivity contribution in [2.24, 2.45) is 0 Å². The Balaban J connectivity index is 1.34. The van der Waals surface area contributed by atoms with Crippen molar-refractivity contribution in [3.05, 3.63) is 83.4 Å². The number of carbonyl (C=O) groups excluding carboxylic acids is 1. The second-order valence-electron chi connectivity index (χ2n) is 7.70. The first-order valence-electron chi connectivity index (χ1n) is 10.1. The number of imidazole rings is 1. The van der Waals surface area contributed by atoms with Crippen molar-refractivity contribution in [1.82, 2.24) is 25.5 Å². The van der Waals surface area contributed by atoms with E-state index in [4.69, 9.17) is 0 Å². The minimum atomic E-state index is -0.0737. The van der Waals surface area contributed by atoms with Crippen LogP contribution in [0.25, 0.3) is 33.5 Å². The molecular formula is C24H19N5O. The Hall–Kier alpha value is -3.93. The molecule has 6 nitrogen and oxygen atoms in total. The van der Waals surface area contributed by atoms with Crippen LogP contribution in [-0.2, 0) is 6.42 Å². The molecule has 1 atom stereocenters. The number of carbonyl (C=O) groups is 1. The van der Waals surface area contributed by atoms with Gasteiger partial charge in [0.15, 0.2) is 5.82 Å². The smallest absolute Gasteiger partial charge is 0.251 e. The van der Waals surface area contributed by atoms with E-state index in [1.807, 2.05) is 48.5 Å². The van der Waals surface area contributed by atoms with Crippen molar-refractivity contribution in [1.29, 1.82) is 0 Å². The van der Waals surface area contributed by atoms with Gasteiger partial charge in [0.25, 0.3) is 5.91 Å². The Morgan fingerprint density at radius 2 is 1.87 bits per heavy atom. The number of para-hydroxylation sites is 2. The van der Waals surface area contributed by atoms with Gasteiger partial charge >= 0.3 is 0 Å². The van der Waals surface area contributed by atoms with E-state index < -0.39 is 0 Å². The molecule has 3 N–H and O–H groups in total. The lowest BCUT2D eigenvalue weighted by Gasteiger charge is -2.14. The fourth-order valence-corrected chi connectivity index (χ4v) is 4.35. The maximum atomic E-state index is 13.0. The number of amides is 1. The lowest BCUT2D eigenvalue weighted by Crippen LogP contribution is -2.27. The third-order valence-electron chi connectivity index (χ3n) is 5.88. The largest absolute Gasteiger partial charge is 0.345 e. The number of nitrogens with zero attached hydrogens (tertiary/aromatic N) is 2. The average Bonchev–Trinajstić information content (AvgIpc) is 3.49. The fourth-order valence-electron chi connectivity index (χ4n) is 4.35. The van der Waals surface area contributed by atoms with E-state index in [9.17, 15) is 4.79 Å². The molecule has 1 aliphatic carbocycles. The van der Waals surface area contributed by atoms with Crippen molar-refractivity contribution in [3.8, 4) is 11.5 Å². The van der Waals surface area contributed by atoms with Crippen molar-refractivity contribution >= 4 is 27.8 Å². The molecule has 6 heteroatoms. The van der Waals surface area contributed by atoms with E-state index in [2.05, 4.69) is 43.7 Å². The monoisotopic (exact) mass is 393 g/mol. The molecule has 3 aromatic carbocycles. The highest BCUT2D eigenvalue weighted by Gasteiger charge is 2.24. The molecule has 1 aliphatic rings. The second-order valence-corrected chi connectivity index (χ2v) is 7.70. The van der Waals surface area contributed by atoms with Gasteiger partial charge in [0.1, 0.15) is 5.69 Å². The molecule has 0 saturated heterocycles. The minimum absolute atomic E-state index is 0.0589. The Bertz CT molecular complexity index is 1380. The maximum absolute atomic E-state index is 13.0. The third kappa shape index (κ3) is 2.69. The number of aromatic nitrogens is 4. The summed E-state index contributed by atoms with van der Waals surface area (Å²) in [6, 6.07) is 21.9. The van der Waals surface area contributed by atoms with Crippen molar-refractivity contribution in [2.75, 3.05) is 0 Å². The molecule has 0 radical (unpaired) electrons. The summed E-state index contributed by atoms with van der Waals surface area (Å²) >= 11 is 0. The summed E-state index contributed by atoms with van der Waals surface area (Å²) in [6.45, 7) is 0. The van der Waals surface area contributed by atoms with Crippen LogP contribution < -0.4 is 5.32 Å². The molecule has 2 heterocycles. The van der Waals surface area contributed by atoms with Crippen LogP contribution in [0.3, 0.4) is 0 Å². The zero-order valence-electron chi connectivity index (χ0n) is 16.1. The van der Waals surface area contributed by atoms with Gasteiger partial charge in [0.2, 0.25) is 0 Å². The Morgan fingerprint density at radius 1 is 1.00 bits per heavy atom. The first kappa shape index (κ1) is 17.0. The van der Waals surface area contributed by atoms with Crippen molar-refractivity contribution in [2.45, 2.75) is 18.9 Å². The summed E-state index contributed by atoms with van der Waals surface area (Å²) in [6.07, 6.45) is 1.93. The number of hydrogen-bond acceptors (Lipinski definition) is 3. The molecule has 0 bridgehead atoms. The van der Waals surface area contributed by atoms with Crippen LogP contribution in [0.5, 0.6) is 0 Å². The Kier molecular flexibility index (Phi) is 3.71. The zero-order valence-corrected chi connectivity index (χ0v) is 16.1. The predicted octanol–water partition coefficient (Wildman–Crippen LogP) is 4.52. The highest BCUT2D eigenvalue weighted by molar-refractivity contribution is 6.01. The fraction of sp³-hybridized carbons (Fsp3) is 0.125. The van der Waals surface area contributed by atoms with Gasteiger partial charge in [0.05, 0.1) is 22.6 Å². The molecule has 2 aromatic heterocycles. The van der Waals surface area contributed by atoms with E-state index >= 15 is 0 Å². The van der Waals surface area contributed by atoms with Crippen LogP contribution in [0.15, 0.2) is 66.7 Å². The number of benzene rings is 3. The zero-order chi connectivity index (χ0) is 20.1. The van der Waals surface area contributed by atoms with Gasteiger partial charge in [-0.15, -0.1) is 0 Å². The second kappa shape index (κ2) is 6.56. The van der Waals surface area contributed by atoms with E-state index in [0.29, 0.717) is 17.1 Å². The first-order chi connectivity index (χ1) is 14.8. The first-order valence-corrected chi connectivity index (χ1v) is 10.1. The highest BCUT2D eigenvalue weighted by Crippen LogP contribution is 2.31. The van der Waals surface area contributed by atoms with Crippen molar-refractivity contribution < 1.29 is 4.79 Å². The van der Waals surface area contributed by atoms with Crippen LogP contribution in [0.2, 0.25) is 0 Å². The van der Waals surface area contributed by atoms with Gasteiger partial charge in [-0.25, -0.2) is 4.98 Å². The Morgan fingerprint density at radius 3 is 2.80 bits per heavy atom. The molecule has 0 saturated carbocycles. The highest BCUT2D eigenvalue weighted by atomic mass is 16.1. The van der Waals surface area contributed by atoms with Crippen LogP contribution >= 0.6 is 0 Å². The summed E-state index contributed by atoms with van der Waals surface area (Å²) < 4.78 is 0. The number of H-pyrrole nitrogens is 2. The number of rotatable bonds is 3. The standard InChI is InChI=1S/C24H19N5O/c30-24(27-18-11-9-14-5-1-2-6-16(14)18)15-10-12-19-17(13-15)22(29-28-19)23-25-20-7-3-4-8-21(20)26-23/h1-8,10,12-13,18H,9,11H2,(H,25,26)(H,27,30)(H,28,29). The van der Waals surface area contributed by atoms with E-state index in [1.54, 1.807) is 0 Å². The number of aryl methyl sites for hydroxylation is 1. The van der Waals surface area contributed by atoms with Gasteiger partial charge in [0, 0.05) is 10.9 Å². The molecule has 0 spiro atoms. The van der Waals surface area contributed by atoms with Crippen LogP contribution in [0.1, 0.15) is 33.9 Å². The number of hydrogen-bond donors (Lipinski definition) is 3. The number of aromatic amines is 2. The van der Waals surface area contributed by atoms with Gasteiger partial charge in [-0.3, -0.25) is 9.89 Å². The molecule has 1 amide bonds. The van der Waals surface area contributed by atoms with Gasteiger partial charge in [-0.1, -0.05) is 36.4 Å². The van der Waals surface area contributed by atoms with E-state index in [0.717, 1.165) is 34.8 Å². The van der Waals surface area contributed by atoms with Gasteiger partial charge in [-0.2, -0.15) is 5.10 Å². The number of nitrogens with one attached hydrogen (secondary N) is 3. The van der Waals surface area contributed by atoms with Crippen LogP contribution in [0.4, 0.5) is 0 Å². The summed E-state index contributed by atoms with van der Waals surface area (Å²) in [5.74, 6) is 0.611. The maximum Gasteiger partial charge on any atom is 0.251 e. The number of fused-ring (bicyclic) bond motifs is 3. The van der Waals surface area contributed by atoms with Crippen LogP contribution in [-0.4, -0.2) is 26.1 Å². The van der Waals surface area contributed by atoms with Crippen molar-refractivity contribution in [3.63, 3.8) is 0 Å². The van der Waals surface area contributed by atoms with E-state index in [-0.39, 0.29) is 11.9 Å². The minimum Gasteiger partial charge on any atom is -0.345 e. The SMILES string of the molecule is O=C(NC1CCc2ccccc21)c1ccc2[nH]nc(-c3nc4ccccc4[nH]3)c2c1. The molecule has 146 valence electrons. The average molecular weight is 393 g/mol. The van der Waals surface area contributed by atoms with Gasteiger partial charge < -0.3 is 10.3 Å². The summed E-state index contributed by atoms with van der Waals surface area (Å²) in [5.41, 5.74) is 6.58. The lowest BCUT2D eigenvalue weighted by atomic mass is 10.1. The molecule has 5 aromatic rings. The third-order valence-corrected chi connectivity index (χ3v) is 5.88. The predicted molar refractivity (Wildman–Crippen MR) is 116 cm³/mol. The molecule has 0 aliphatic heterocycles. The van der Waals surface area contributed by atoms with Crippen LogP contribution in [0, 0.1) is 0 Å². The molecule has 1 unspecified atom stereocenters. The quantitative estimate of drug-likeness (QED) is 0.421. The topological polar surface area (TPSA) is 86.5 Å². The van der Waals surface area contributed by atoms with Gasteiger partial charge in [-0.05, 0) is 54.3 Å². The lowest BCUT2D eigenvalue weighted by molar-refractivity contribution is 0.0937. The summed E-state index contributed by atoms with van der Waals surface area (Å²) in [5, 5.41) is 11.6. The molecular weight excluding hydrogens is 374 g/mol. The molecule has 6 rings (SSSR count). The molecule has 0 fully saturated rings. The summed E-state index contributed by atoms with van der Waals surface area (Å²) in [7, 11) is 0.